The highest BCUT2D eigenvalue weighted by Gasteiger charge is 2.35. The second-order valence-electron chi connectivity index (χ2n) is 6.80. The molecule has 0 bridgehead atoms. The predicted octanol–water partition coefficient (Wildman–Crippen LogP) is 4.85. The highest BCUT2D eigenvalue weighted by molar-refractivity contribution is 6.30. The van der Waals surface area contributed by atoms with Crippen molar-refractivity contribution in [2.45, 2.75) is 32.6 Å². The number of amides is 2. The van der Waals surface area contributed by atoms with E-state index in [1.807, 2.05) is 24.3 Å². The van der Waals surface area contributed by atoms with Crippen molar-refractivity contribution in [3.8, 4) is 0 Å². The molecule has 5 heteroatoms. The van der Waals surface area contributed by atoms with Gasteiger partial charge in [-0.1, -0.05) is 37.6 Å². The Morgan fingerprint density at radius 1 is 1.19 bits per heavy atom. The molecule has 136 valence electrons. The molecule has 4 nitrogen and oxygen atoms in total. The van der Waals surface area contributed by atoms with Gasteiger partial charge in [-0.2, -0.15) is 0 Å². The number of nitrogens with zero attached hydrogens (tertiary/aromatic N) is 1. The zero-order valence-electron chi connectivity index (χ0n) is 15.0. The summed E-state index contributed by atoms with van der Waals surface area (Å²) in [5.74, 6) is -0.0155. The number of benzene rings is 2. The number of halogens is 1. The third-order valence-electron chi connectivity index (χ3n) is 4.99. The maximum atomic E-state index is 12.6. The van der Waals surface area contributed by atoms with Crippen molar-refractivity contribution in [3.63, 3.8) is 0 Å². The van der Waals surface area contributed by atoms with Gasteiger partial charge in [0.25, 0.3) is 0 Å². The van der Waals surface area contributed by atoms with Gasteiger partial charge in [-0.05, 0) is 54.3 Å². The Bertz CT molecular complexity index is 787. The van der Waals surface area contributed by atoms with Gasteiger partial charge in [0.05, 0.1) is 5.92 Å². The standard InChI is InChI=1S/C21H23ClN2O2/c1-3-14(2)15-4-8-18(9-5-15)23-21(26)16-12-20(25)24(13-16)19-10-6-17(22)7-11-19/h4-11,14,16H,3,12-13H2,1-2H3,(H,23,26)/t14-,16+/m0/s1. The Morgan fingerprint density at radius 3 is 2.46 bits per heavy atom. The van der Waals surface area contributed by atoms with E-state index in [4.69, 9.17) is 11.6 Å². The number of carbonyl (C=O) groups excluding carboxylic acids is 2. The van der Waals surface area contributed by atoms with Crippen LogP contribution in [0, 0.1) is 5.92 Å². The van der Waals surface area contributed by atoms with E-state index in [-0.39, 0.29) is 24.2 Å². The largest absolute Gasteiger partial charge is 0.326 e. The van der Waals surface area contributed by atoms with Crippen LogP contribution in [0.4, 0.5) is 11.4 Å². The molecule has 0 radical (unpaired) electrons. The van der Waals surface area contributed by atoms with Crippen molar-refractivity contribution in [2.24, 2.45) is 5.92 Å². The molecule has 3 rings (SSSR count). The molecule has 0 saturated carbocycles. The second kappa shape index (κ2) is 7.92. The molecule has 0 spiro atoms. The zero-order chi connectivity index (χ0) is 18.7. The van der Waals surface area contributed by atoms with Gasteiger partial charge in [0, 0.05) is 29.4 Å². The minimum absolute atomic E-state index is 0.0420. The van der Waals surface area contributed by atoms with Crippen molar-refractivity contribution in [2.75, 3.05) is 16.8 Å². The first-order valence-electron chi connectivity index (χ1n) is 8.94. The fourth-order valence-corrected chi connectivity index (χ4v) is 3.25. The first-order chi connectivity index (χ1) is 12.5. The van der Waals surface area contributed by atoms with Crippen LogP contribution < -0.4 is 10.2 Å². The summed E-state index contributed by atoms with van der Waals surface area (Å²) in [6.45, 7) is 4.73. The summed E-state index contributed by atoms with van der Waals surface area (Å²) in [4.78, 5) is 26.5. The summed E-state index contributed by atoms with van der Waals surface area (Å²) < 4.78 is 0. The molecular weight excluding hydrogens is 348 g/mol. The third kappa shape index (κ3) is 4.07. The molecule has 2 amide bonds. The molecule has 1 aliphatic rings. The summed E-state index contributed by atoms with van der Waals surface area (Å²) in [6, 6.07) is 15.0. The lowest BCUT2D eigenvalue weighted by molar-refractivity contribution is -0.122. The van der Waals surface area contributed by atoms with Crippen molar-refractivity contribution in [1.82, 2.24) is 0 Å². The predicted molar refractivity (Wildman–Crippen MR) is 106 cm³/mol. The van der Waals surface area contributed by atoms with Crippen LogP contribution in [0.3, 0.4) is 0 Å². The van der Waals surface area contributed by atoms with Crippen molar-refractivity contribution in [3.05, 3.63) is 59.1 Å². The first kappa shape index (κ1) is 18.5. The summed E-state index contributed by atoms with van der Waals surface area (Å²) in [5.41, 5.74) is 2.79. The van der Waals surface area contributed by atoms with Crippen molar-refractivity contribution < 1.29 is 9.59 Å². The molecular formula is C21H23ClN2O2. The van der Waals surface area contributed by atoms with Gasteiger partial charge in [0.15, 0.2) is 0 Å². The van der Waals surface area contributed by atoms with Crippen LogP contribution in [0.15, 0.2) is 48.5 Å². The van der Waals surface area contributed by atoms with Crippen molar-refractivity contribution in [1.29, 1.82) is 0 Å². The van der Waals surface area contributed by atoms with Crippen LogP contribution in [-0.4, -0.2) is 18.4 Å². The monoisotopic (exact) mass is 370 g/mol. The minimum atomic E-state index is -0.354. The van der Waals surface area contributed by atoms with E-state index in [0.29, 0.717) is 17.5 Å². The highest BCUT2D eigenvalue weighted by Crippen LogP contribution is 2.27. The van der Waals surface area contributed by atoms with Crippen LogP contribution in [0.2, 0.25) is 5.02 Å². The Balaban J connectivity index is 1.63. The smallest absolute Gasteiger partial charge is 0.229 e. The van der Waals surface area contributed by atoms with Crippen LogP contribution >= 0.6 is 11.6 Å². The Morgan fingerprint density at radius 2 is 1.85 bits per heavy atom. The van der Waals surface area contributed by atoms with Crippen LogP contribution in [-0.2, 0) is 9.59 Å². The van der Waals surface area contributed by atoms with Crippen LogP contribution in [0.25, 0.3) is 0 Å². The summed E-state index contributed by atoms with van der Waals surface area (Å²) in [7, 11) is 0. The molecule has 2 aromatic rings. The fourth-order valence-electron chi connectivity index (χ4n) is 3.13. The number of hydrogen-bond donors (Lipinski definition) is 1. The summed E-state index contributed by atoms with van der Waals surface area (Å²) >= 11 is 5.90. The lowest BCUT2D eigenvalue weighted by Gasteiger charge is -2.17. The van der Waals surface area contributed by atoms with E-state index < -0.39 is 0 Å². The van der Waals surface area contributed by atoms with Gasteiger partial charge in [0.1, 0.15) is 0 Å². The quantitative estimate of drug-likeness (QED) is 0.818. The van der Waals surface area contributed by atoms with E-state index in [0.717, 1.165) is 17.8 Å². The molecule has 1 saturated heterocycles. The van der Waals surface area contributed by atoms with Gasteiger partial charge in [-0.15, -0.1) is 0 Å². The number of nitrogens with one attached hydrogen (secondary N) is 1. The first-order valence-corrected chi connectivity index (χ1v) is 9.32. The molecule has 1 aliphatic heterocycles. The Kier molecular flexibility index (Phi) is 5.62. The van der Waals surface area contributed by atoms with Crippen LogP contribution in [0.1, 0.15) is 38.2 Å². The van der Waals surface area contributed by atoms with E-state index in [1.54, 1.807) is 29.2 Å². The van der Waals surface area contributed by atoms with E-state index in [1.165, 1.54) is 5.56 Å². The Labute approximate surface area is 159 Å². The number of hydrogen-bond acceptors (Lipinski definition) is 2. The summed E-state index contributed by atoms with van der Waals surface area (Å²) in [6.07, 6.45) is 1.30. The second-order valence-corrected chi connectivity index (χ2v) is 7.24. The van der Waals surface area contributed by atoms with Gasteiger partial charge in [-0.25, -0.2) is 0 Å². The molecule has 0 unspecified atom stereocenters. The summed E-state index contributed by atoms with van der Waals surface area (Å²) in [5, 5.41) is 3.55. The zero-order valence-corrected chi connectivity index (χ0v) is 15.8. The highest BCUT2D eigenvalue weighted by atomic mass is 35.5. The maximum Gasteiger partial charge on any atom is 0.229 e. The molecule has 1 fully saturated rings. The van der Waals surface area contributed by atoms with Crippen LogP contribution in [0.5, 0.6) is 0 Å². The van der Waals surface area contributed by atoms with Crippen molar-refractivity contribution >= 4 is 34.8 Å². The van der Waals surface area contributed by atoms with Gasteiger partial charge < -0.3 is 10.2 Å². The Hall–Kier alpha value is -2.33. The lowest BCUT2D eigenvalue weighted by Crippen LogP contribution is -2.28. The molecule has 1 heterocycles. The lowest BCUT2D eigenvalue weighted by atomic mass is 9.98. The average molecular weight is 371 g/mol. The van der Waals surface area contributed by atoms with Gasteiger partial charge in [-0.3, -0.25) is 9.59 Å². The van der Waals surface area contributed by atoms with Gasteiger partial charge in [0.2, 0.25) is 11.8 Å². The molecule has 1 N–H and O–H groups in total. The number of rotatable bonds is 5. The molecule has 0 aromatic heterocycles. The topological polar surface area (TPSA) is 49.4 Å². The normalized spacial score (nSPS) is 18.0. The molecule has 0 aliphatic carbocycles. The number of carbonyl (C=O) groups is 2. The fraction of sp³-hybridized carbons (Fsp3) is 0.333. The third-order valence-corrected chi connectivity index (χ3v) is 5.25. The molecule has 2 aromatic carbocycles. The van der Waals surface area contributed by atoms with E-state index in [2.05, 4.69) is 19.2 Å². The SMILES string of the molecule is CC[C@H](C)c1ccc(NC(=O)[C@@H]2CC(=O)N(c3ccc(Cl)cc3)C2)cc1. The molecule has 2 atom stereocenters. The van der Waals surface area contributed by atoms with E-state index >= 15 is 0 Å². The maximum absolute atomic E-state index is 12.6. The minimum Gasteiger partial charge on any atom is -0.326 e. The van der Waals surface area contributed by atoms with E-state index in [9.17, 15) is 9.59 Å². The van der Waals surface area contributed by atoms with Gasteiger partial charge >= 0.3 is 0 Å². The molecule has 26 heavy (non-hydrogen) atoms. The average Bonchev–Trinajstić information content (AvgIpc) is 3.04. The number of anilines is 2.